The first kappa shape index (κ1) is 12.9. The van der Waals surface area contributed by atoms with E-state index in [1.807, 2.05) is 0 Å². The lowest BCUT2D eigenvalue weighted by molar-refractivity contribution is -0.659. The minimum Gasteiger partial charge on any atom is -0.200 e. The number of fused-ring (bicyclic) bond motifs is 1. The second-order valence-corrected chi connectivity index (χ2v) is 5.67. The van der Waals surface area contributed by atoms with E-state index in [1.54, 1.807) is 0 Å². The molecule has 1 heteroatoms. The number of pyridine rings is 1. The van der Waals surface area contributed by atoms with Crippen LogP contribution in [-0.4, -0.2) is 0 Å². The smallest absolute Gasteiger partial charge is 0.200 e. The summed E-state index contributed by atoms with van der Waals surface area (Å²) in [5.41, 5.74) is 6.54. The first-order valence-corrected chi connectivity index (χ1v) is 7.03. The molecule has 3 rings (SSSR count). The van der Waals surface area contributed by atoms with Gasteiger partial charge in [0.1, 0.15) is 7.05 Å². The molecule has 0 saturated heterocycles. The van der Waals surface area contributed by atoms with E-state index in [-0.39, 0.29) is 0 Å². The van der Waals surface area contributed by atoms with Crippen molar-refractivity contribution in [2.24, 2.45) is 7.05 Å². The highest BCUT2D eigenvalue weighted by Crippen LogP contribution is 2.25. The lowest BCUT2D eigenvalue weighted by Crippen LogP contribution is -2.30. The van der Waals surface area contributed by atoms with Gasteiger partial charge in [-0.05, 0) is 43.4 Å². The van der Waals surface area contributed by atoms with Crippen LogP contribution in [0.1, 0.15) is 16.7 Å². The van der Waals surface area contributed by atoms with Gasteiger partial charge in [-0.25, -0.2) is 4.57 Å². The molecule has 0 N–H and O–H groups in total. The predicted octanol–water partition coefficient (Wildman–Crippen LogP) is 4.26. The summed E-state index contributed by atoms with van der Waals surface area (Å²) in [5.74, 6) is 0. The highest BCUT2D eigenvalue weighted by Gasteiger charge is 2.14. The normalized spacial score (nSPS) is 11.0. The minimum atomic E-state index is 1.26. The number of benzene rings is 2. The molecule has 0 amide bonds. The first-order valence-electron chi connectivity index (χ1n) is 7.03. The van der Waals surface area contributed by atoms with Gasteiger partial charge in [0.25, 0.3) is 0 Å². The fraction of sp³-hybridized carbons (Fsp3) is 0.211. The molecule has 1 heterocycles. The van der Waals surface area contributed by atoms with Gasteiger partial charge in [-0.15, -0.1) is 0 Å². The molecular formula is C19H20N+. The van der Waals surface area contributed by atoms with E-state index in [0.717, 1.165) is 0 Å². The fourth-order valence-corrected chi connectivity index (χ4v) is 2.95. The number of hydrogen-bond acceptors (Lipinski definition) is 0. The van der Waals surface area contributed by atoms with Gasteiger partial charge in [0, 0.05) is 17.0 Å². The number of hydrogen-bond donors (Lipinski definition) is 0. The molecule has 1 nitrogen and oxygen atoms in total. The van der Waals surface area contributed by atoms with Crippen molar-refractivity contribution in [1.29, 1.82) is 0 Å². The van der Waals surface area contributed by atoms with Crippen molar-refractivity contribution in [1.82, 2.24) is 0 Å². The molecule has 0 atom stereocenters. The molecule has 0 bridgehead atoms. The zero-order valence-corrected chi connectivity index (χ0v) is 12.6. The molecule has 0 aliphatic heterocycles. The molecule has 0 saturated carbocycles. The Labute approximate surface area is 120 Å². The lowest BCUT2D eigenvalue weighted by Gasteiger charge is -2.08. The second kappa shape index (κ2) is 4.75. The van der Waals surface area contributed by atoms with Gasteiger partial charge >= 0.3 is 0 Å². The van der Waals surface area contributed by atoms with Crippen LogP contribution in [0.15, 0.2) is 48.7 Å². The zero-order valence-electron chi connectivity index (χ0n) is 12.6. The van der Waals surface area contributed by atoms with Crippen LogP contribution in [0.2, 0.25) is 0 Å². The van der Waals surface area contributed by atoms with Crippen molar-refractivity contribution in [2.75, 3.05) is 0 Å². The summed E-state index contributed by atoms with van der Waals surface area (Å²) in [6.07, 6.45) is 2.24. The zero-order chi connectivity index (χ0) is 14.3. The SMILES string of the molecule is Cc1cc(C)c2c[n+](C)c(-c3ccccc3C)cc2c1. The number of rotatable bonds is 1. The molecule has 0 aliphatic carbocycles. The van der Waals surface area contributed by atoms with Gasteiger partial charge in [0.2, 0.25) is 5.69 Å². The van der Waals surface area contributed by atoms with E-state index in [4.69, 9.17) is 0 Å². The second-order valence-electron chi connectivity index (χ2n) is 5.67. The average molecular weight is 262 g/mol. The van der Waals surface area contributed by atoms with E-state index >= 15 is 0 Å². The first-order chi connectivity index (χ1) is 9.56. The summed E-state index contributed by atoms with van der Waals surface area (Å²) in [5, 5.41) is 2.65. The molecule has 0 unspecified atom stereocenters. The third-order valence-corrected chi connectivity index (χ3v) is 3.98. The van der Waals surface area contributed by atoms with Crippen LogP contribution in [0.3, 0.4) is 0 Å². The Bertz CT molecular complexity index is 800. The minimum absolute atomic E-state index is 1.26. The Morgan fingerprint density at radius 1 is 0.850 bits per heavy atom. The van der Waals surface area contributed by atoms with E-state index in [1.165, 1.54) is 38.7 Å². The van der Waals surface area contributed by atoms with Crippen molar-refractivity contribution in [3.05, 3.63) is 65.4 Å². The van der Waals surface area contributed by atoms with Gasteiger partial charge < -0.3 is 0 Å². The highest BCUT2D eigenvalue weighted by atomic mass is 14.9. The molecule has 0 spiro atoms. The van der Waals surface area contributed by atoms with E-state index in [2.05, 4.69) is 81.0 Å². The molecule has 100 valence electrons. The Morgan fingerprint density at radius 2 is 1.60 bits per heavy atom. The molecule has 0 fully saturated rings. The maximum absolute atomic E-state index is 2.30. The van der Waals surface area contributed by atoms with Crippen molar-refractivity contribution < 1.29 is 4.57 Å². The third-order valence-electron chi connectivity index (χ3n) is 3.98. The summed E-state index contributed by atoms with van der Waals surface area (Å²) in [6, 6.07) is 15.4. The standard InChI is InChI=1S/C19H20N/c1-13-9-15(3)18-12-20(4)19(11-16(18)10-13)17-8-6-5-7-14(17)2/h5-12H,1-4H3/q+1. The molecule has 20 heavy (non-hydrogen) atoms. The van der Waals surface area contributed by atoms with Crippen LogP contribution in [-0.2, 0) is 7.05 Å². The monoisotopic (exact) mass is 262 g/mol. The van der Waals surface area contributed by atoms with Crippen LogP contribution >= 0.6 is 0 Å². The van der Waals surface area contributed by atoms with E-state index in [9.17, 15) is 0 Å². The van der Waals surface area contributed by atoms with Gasteiger partial charge in [-0.2, -0.15) is 0 Å². The van der Waals surface area contributed by atoms with Crippen molar-refractivity contribution in [2.45, 2.75) is 20.8 Å². The van der Waals surface area contributed by atoms with Gasteiger partial charge in [0.05, 0.1) is 0 Å². The largest absolute Gasteiger partial charge is 0.213 e. The van der Waals surface area contributed by atoms with E-state index < -0.39 is 0 Å². The maximum atomic E-state index is 2.30. The van der Waals surface area contributed by atoms with Crippen LogP contribution in [0.5, 0.6) is 0 Å². The Hall–Kier alpha value is -2.15. The molecule has 1 aromatic heterocycles. The Balaban J connectivity index is 2.33. The lowest BCUT2D eigenvalue weighted by atomic mass is 9.99. The predicted molar refractivity (Wildman–Crippen MR) is 84.8 cm³/mol. The van der Waals surface area contributed by atoms with Crippen LogP contribution in [0.25, 0.3) is 22.0 Å². The Kier molecular flexibility index (Phi) is 3.06. The topological polar surface area (TPSA) is 3.88 Å². The summed E-state index contributed by atoms with van der Waals surface area (Å²) in [6.45, 7) is 6.51. The van der Waals surface area contributed by atoms with Crippen molar-refractivity contribution in [3.8, 4) is 11.3 Å². The van der Waals surface area contributed by atoms with E-state index in [0.29, 0.717) is 0 Å². The van der Waals surface area contributed by atoms with Crippen molar-refractivity contribution in [3.63, 3.8) is 0 Å². The number of aryl methyl sites for hydroxylation is 4. The molecule has 0 radical (unpaired) electrons. The maximum Gasteiger partial charge on any atom is 0.213 e. The fourth-order valence-electron chi connectivity index (χ4n) is 2.95. The third kappa shape index (κ3) is 2.09. The number of aromatic nitrogens is 1. The van der Waals surface area contributed by atoms with Crippen molar-refractivity contribution >= 4 is 10.8 Å². The summed E-state index contributed by atoms with van der Waals surface area (Å²) in [4.78, 5) is 0. The molecule has 2 aromatic carbocycles. The van der Waals surface area contributed by atoms with Crippen LogP contribution in [0, 0.1) is 20.8 Å². The van der Waals surface area contributed by atoms with Gasteiger partial charge in [-0.3, -0.25) is 0 Å². The highest BCUT2D eigenvalue weighted by molar-refractivity contribution is 5.87. The average Bonchev–Trinajstić information content (AvgIpc) is 2.40. The quantitative estimate of drug-likeness (QED) is 0.577. The summed E-state index contributed by atoms with van der Waals surface area (Å²) in [7, 11) is 2.13. The molecular weight excluding hydrogens is 242 g/mol. The van der Waals surface area contributed by atoms with Gasteiger partial charge in [-0.1, -0.05) is 35.9 Å². The number of nitrogens with zero attached hydrogens (tertiary/aromatic N) is 1. The molecule has 3 aromatic rings. The summed E-state index contributed by atoms with van der Waals surface area (Å²) < 4.78 is 2.23. The van der Waals surface area contributed by atoms with Gasteiger partial charge in [0.15, 0.2) is 6.20 Å². The van der Waals surface area contributed by atoms with Crippen LogP contribution < -0.4 is 4.57 Å². The van der Waals surface area contributed by atoms with Crippen LogP contribution in [0.4, 0.5) is 0 Å². The Morgan fingerprint density at radius 3 is 2.35 bits per heavy atom. The molecule has 0 aliphatic rings. The summed E-state index contributed by atoms with van der Waals surface area (Å²) >= 11 is 0.